The van der Waals surface area contributed by atoms with Crippen LogP contribution in [0, 0.1) is 5.82 Å². The van der Waals surface area contributed by atoms with Gasteiger partial charge in [0.25, 0.3) is 0 Å². The maximum Gasteiger partial charge on any atom is 0.411 e. The minimum atomic E-state index is -1.08. The predicted octanol–water partition coefficient (Wildman–Crippen LogP) is 2.92. The molecule has 2 rings (SSSR count). The molecule has 0 bridgehead atoms. The van der Waals surface area contributed by atoms with E-state index in [0.717, 1.165) is 10.5 Å². The minimum Gasteiger partial charge on any atom is -0.465 e. The molecule has 7 heteroatoms. The van der Waals surface area contributed by atoms with Crippen LogP contribution in [0.1, 0.15) is 12.5 Å². The molecule has 0 atom stereocenters. The van der Waals surface area contributed by atoms with Crippen LogP contribution in [-0.2, 0) is 6.54 Å². The molecule has 1 aromatic heterocycles. The summed E-state index contributed by atoms with van der Waals surface area (Å²) in [6, 6.07) is 9.36. The largest absolute Gasteiger partial charge is 0.465 e. The summed E-state index contributed by atoms with van der Waals surface area (Å²) in [5, 5.41) is 12.1. The van der Waals surface area contributed by atoms with E-state index in [-0.39, 0.29) is 18.2 Å². The molecule has 0 unspecified atom stereocenters. The number of amides is 1. The second kappa shape index (κ2) is 6.75. The van der Waals surface area contributed by atoms with Crippen LogP contribution >= 0.6 is 0 Å². The number of nitrogens with zero attached hydrogens (tertiary/aromatic N) is 2. The van der Waals surface area contributed by atoms with Crippen LogP contribution < -0.4 is 16.0 Å². The molecule has 0 aliphatic rings. The second-order valence-electron chi connectivity index (χ2n) is 4.61. The van der Waals surface area contributed by atoms with Crippen LogP contribution in [0.4, 0.5) is 26.5 Å². The van der Waals surface area contributed by atoms with E-state index in [0.29, 0.717) is 18.1 Å². The third-order valence-corrected chi connectivity index (χ3v) is 3.13. The number of hydrogen-bond donors (Lipinski definition) is 3. The van der Waals surface area contributed by atoms with Crippen molar-refractivity contribution in [1.82, 2.24) is 4.98 Å². The molecule has 6 nitrogen and oxygen atoms in total. The highest BCUT2D eigenvalue weighted by atomic mass is 19.1. The smallest absolute Gasteiger partial charge is 0.411 e. The van der Waals surface area contributed by atoms with Gasteiger partial charge in [-0.15, -0.1) is 0 Å². The first-order valence-electron chi connectivity index (χ1n) is 6.76. The van der Waals surface area contributed by atoms with Crippen molar-refractivity contribution in [3.05, 3.63) is 47.8 Å². The number of carbonyl (C=O) groups is 1. The fraction of sp³-hybridized carbons (Fsp3) is 0.200. The molecule has 0 saturated heterocycles. The number of anilines is 3. The van der Waals surface area contributed by atoms with Crippen molar-refractivity contribution in [2.45, 2.75) is 13.5 Å². The predicted molar refractivity (Wildman–Crippen MR) is 83.4 cm³/mol. The highest BCUT2D eigenvalue weighted by Gasteiger charge is 2.15. The maximum absolute atomic E-state index is 12.8. The Morgan fingerprint density at radius 2 is 2.00 bits per heavy atom. The molecule has 116 valence electrons. The van der Waals surface area contributed by atoms with Gasteiger partial charge in [0.2, 0.25) is 0 Å². The molecular formula is C15H17FN4O2. The van der Waals surface area contributed by atoms with E-state index in [2.05, 4.69) is 10.3 Å². The zero-order valence-electron chi connectivity index (χ0n) is 12.1. The molecule has 4 N–H and O–H groups in total. The van der Waals surface area contributed by atoms with Gasteiger partial charge in [-0.2, -0.15) is 0 Å². The number of nitrogens with two attached hydrogens (primary N) is 1. The number of hydrogen-bond acceptors (Lipinski definition) is 4. The Labute approximate surface area is 127 Å². The van der Waals surface area contributed by atoms with E-state index in [1.807, 2.05) is 0 Å². The average Bonchev–Trinajstić information content (AvgIpc) is 2.49. The van der Waals surface area contributed by atoms with Gasteiger partial charge in [0.05, 0.1) is 5.69 Å². The van der Waals surface area contributed by atoms with Gasteiger partial charge in [0.15, 0.2) is 0 Å². The number of benzene rings is 1. The Morgan fingerprint density at radius 3 is 2.55 bits per heavy atom. The zero-order valence-corrected chi connectivity index (χ0v) is 12.1. The van der Waals surface area contributed by atoms with Crippen LogP contribution in [-0.4, -0.2) is 22.7 Å². The maximum atomic E-state index is 12.8. The quantitative estimate of drug-likeness (QED) is 0.790. The van der Waals surface area contributed by atoms with Crippen LogP contribution in [0.2, 0.25) is 0 Å². The van der Waals surface area contributed by atoms with Gasteiger partial charge in [-0.25, -0.2) is 14.2 Å². The summed E-state index contributed by atoms with van der Waals surface area (Å²) in [5.41, 5.74) is 7.06. The van der Waals surface area contributed by atoms with Crippen molar-refractivity contribution in [3.8, 4) is 0 Å². The van der Waals surface area contributed by atoms with Crippen LogP contribution in [0.25, 0.3) is 0 Å². The standard InChI is InChI=1S/C15H17FN4O2/c1-2-20(15(21)22)12-7-8-13(19-14(12)17)18-9-10-3-5-11(16)6-4-10/h3-8H,2,9H2,1H3,(H,21,22)(H3,17,18,19). The van der Waals surface area contributed by atoms with Gasteiger partial charge in [0.1, 0.15) is 17.5 Å². The molecule has 0 saturated carbocycles. The molecule has 1 heterocycles. The van der Waals surface area contributed by atoms with Crippen molar-refractivity contribution in [2.75, 3.05) is 22.5 Å². The molecule has 1 aromatic carbocycles. The lowest BCUT2D eigenvalue weighted by Crippen LogP contribution is -2.29. The number of carboxylic acid groups (broad SMARTS) is 1. The molecule has 2 aromatic rings. The van der Waals surface area contributed by atoms with Crippen molar-refractivity contribution in [1.29, 1.82) is 0 Å². The van der Waals surface area contributed by atoms with Crippen LogP contribution in [0.3, 0.4) is 0 Å². The van der Waals surface area contributed by atoms with Gasteiger partial charge < -0.3 is 16.2 Å². The first-order valence-corrected chi connectivity index (χ1v) is 6.76. The lowest BCUT2D eigenvalue weighted by molar-refractivity contribution is 0.202. The normalized spacial score (nSPS) is 10.3. The lowest BCUT2D eigenvalue weighted by atomic mass is 10.2. The Kier molecular flexibility index (Phi) is 4.77. The van der Waals surface area contributed by atoms with Gasteiger partial charge in [0, 0.05) is 13.1 Å². The summed E-state index contributed by atoms with van der Waals surface area (Å²) in [5.74, 6) is 0.365. The lowest BCUT2D eigenvalue weighted by Gasteiger charge is -2.19. The second-order valence-corrected chi connectivity index (χ2v) is 4.61. The Bertz CT molecular complexity index is 661. The molecule has 0 radical (unpaired) electrons. The highest BCUT2D eigenvalue weighted by Crippen LogP contribution is 2.23. The number of rotatable bonds is 5. The van der Waals surface area contributed by atoms with Gasteiger partial charge in [-0.3, -0.25) is 4.90 Å². The monoisotopic (exact) mass is 304 g/mol. The molecule has 0 aliphatic carbocycles. The number of halogens is 1. The van der Waals surface area contributed by atoms with E-state index in [9.17, 15) is 9.18 Å². The molecule has 0 aliphatic heterocycles. The van der Waals surface area contributed by atoms with Gasteiger partial charge in [-0.05, 0) is 36.8 Å². The van der Waals surface area contributed by atoms with Crippen molar-refractivity contribution in [2.24, 2.45) is 0 Å². The van der Waals surface area contributed by atoms with E-state index in [4.69, 9.17) is 10.8 Å². The summed E-state index contributed by atoms with van der Waals surface area (Å²) in [6.45, 7) is 2.46. The van der Waals surface area contributed by atoms with Gasteiger partial charge >= 0.3 is 6.09 Å². The zero-order chi connectivity index (χ0) is 16.1. The Morgan fingerprint density at radius 1 is 1.32 bits per heavy atom. The van der Waals surface area contributed by atoms with Crippen LogP contribution in [0.5, 0.6) is 0 Å². The summed E-state index contributed by atoms with van der Waals surface area (Å²) in [6.07, 6.45) is -1.08. The molecule has 22 heavy (non-hydrogen) atoms. The number of aromatic nitrogens is 1. The average molecular weight is 304 g/mol. The number of nitrogens with one attached hydrogen (secondary N) is 1. The fourth-order valence-corrected chi connectivity index (χ4v) is 2.00. The van der Waals surface area contributed by atoms with Crippen molar-refractivity contribution in [3.63, 3.8) is 0 Å². The van der Waals surface area contributed by atoms with E-state index < -0.39 is 6.09 Å². The van der Waals surface area contributed by atoms with Crippen molar-refractivity contribution < 1.29 is 14.3 Å². The molecule has 0 fully saturated rings. The van der Waals surface area contributed by atoms with E-state index in [1.54, 1.807) is 31.2 Å². The molecular weight excluding hydrogens is 287 g/mol. The van der Waals surface area contributed by atoms with Crippen LogP contribution in [0.15, 0.2) is 36.4 Å². The summed E-state index contributed by atoms with van der Waals surface area (Å²) < 4.78 is 12.8. The highest BCUT2D eigenvalue weighted by molar-refractivity contribution is 5.89. The first kappa shape index (κ1) is 15.6. The molecule has 0 spiro atoms. The Balaban J connectivity index is 2.09. The molecule has 1 amide bonds. The third kappa shape index (κ3) is 3.63. The third-order valence-electron chi connectivity index (χ3n) is 3.13. The topological polar surface area (TPSA) is 91.5 Å². The van der Waals surface area contributed by atoms with E-state index in [1.165, 1.54) is 12.1 Å². The fourth-order valence-electron chi connectivity index (χ4n) is 2.00. The SMILES string of the molecule is CCN(C(=O)O)c1ccc(NCc2ccc(F)cc2)nc1N. The number of pyridine rings is 1. The summed E-state index contributed by atoms with van der Waals surface area (Å²) in [7, 11) is 0. The Hall–Kier alpha value is -2.83. The van der Waals surface area contributed by atoms with Gasteiger partial charge in [-0.1, -0.05) is 12.1 Å². The van der Waals surface area contributed by atoms with Crippen molar-refractivity contribution >= 4 is 23.4 Å². The van der Waals surface area contributed by atoms with E-state index >= 15 is 0 Å². The summed E-state index contributed by atoms with van der Waals surface area (Å²) >= 11 is 0. The summed E-state index contributed by atoms with van der Waals surface area (Å²) in [4.78, 5) is 16.4. The minimum absolute atomic E-state index is 0.133. The first-order chi connectivity index (χ1) is 10.5. The number of nitrogen functional groups attached to an aromatic ring is 1.